The van der Waals surface area contributed by atoms with Gasteiger partial charge in [-0.2, -0.15) is 0 Å². The molecule has 0 amide bonds. The van der Waals surface area contributed by atoms with Crippen LogP contribution in [0.15, 0.2) is 0 Å². The quantitative estimate of drug-likeness (QED) is 0.633. The minimum absolute atomic E-state index is 0.377. The van der Waals surface area contributed by atoms with Crippen LogP contribution in [0.3, 0.4) is 0 Å². The van der Waals surface area contributed by atoms with Gasteiger partial charge in [0.05, 0.1) is 12.7 Å². The molecule has 1 heterocycles. The van der Waals surface area contributed by atoms with Crippen molar-refractivity contribution in [3.63, 3.8) is 0 Å². The molecule has 0 radical (unpaired) electrons. The second-order valence-electron chi connectivity index (χ2n) is 4.84. The third kappa shape index (κ3) is 6.36. The number of rotatable bonds is 8. The molecular formula is C13H29N3O. The van der Waals surface area contributed by atoms with Crippen molar-refractivity contribution in [2.75, 3.05) is 59.5 Å². The van der Waals surface area contributed by atoms with Crippen molar-refractivity contribution in [1.29, 1.82) is 0 Å². The minimum Gasteiger partial charge on any atom is -0.374 e. The number of likely N-dealkylation sites (N-methyl/N-ethyl adjacent to an activating group) is 1. The number of nitrogens with zero attached hydrogens (tertiary/aromatic N) is 2. The zero-order valence-electron chi connectivity index (χ0n) is 11.7. The summed E-state index contributed by atoms with van der Waals surface area (Å²) in [5, 5.41) is 3.50. The van der Waals surface area contributed by atoms with Crippen molar-refractivity contribution in [2.24, 2.45) is 0 Å². The van der Waals surface area contributed by atoms with E-state index in [0.29, 0.717) is 6.10 Å². The van der Waals surface area contributed by atoms with Crippen LogP contribution in [0.5, 0.6) is 0 Å². The number of hydrogen-bond donors (Lipinski definition) is 1. The Bertz CT molecular complexity index is 186. The molecule has 4 heteroatoms. The van der Waals surface area contributed by atoms with Crippen molar-refractivity contribution in [2.45, 2.75) is 26.4 Å². The Hall–Kier alpha value is -0.160. The summed E-state index contributed by atoms with van der Waals surface area (Å²) in [6.07, 6.45) is 1.60. The highest BCUT2D eigenvalue weighted by Gasteiger charge is 2.16. The fraction of sp³-hybridized carbons (Fsp3) is 1.00. The van der Waals surface area contributed by atoms with Crippen molar-refractivity contribution in [3.8, 4) is 0 Å². The van der Waals surface area contributed by atoms with Crippen LogP contribution in [0.1, 0.15) is 20.3 Å². The highest BCUT2D eigenvalue weighted by atomic mass is 16.5. The third-order valence-electron chi connectivity index (χ3n) is 3.44. The zero-order chi connectivity index (χ0) is 12.5. The fourth-order valence-corrected chi connectivity index (χ4v) is 2.22. The smallest absolute Gasteiger partial charge is 0.0826 e. The molecule has 4 nitrogen and oxygen atoms in total. The Balaban J connectivity index is 1.96. The van der Waals surface area contributed by atoms with E-state index in [4.69, 9.17) is 4.74 Å². The lowest BCUT2D eigenvalue weighted by molar-refractivity contribution is -0.0180. The van der Waals surface area contributed by atoms with Gasteiger partial charge in [0.1, 0.15) is 0 Å². The molecule has 1 atom stereocenters. The van der Waals surface area contributed by atoms with Crippen LogP contribution in [0, 0.1) is 0 Å². The van der Waals surface area contributed by atoms with Crippen LogP contribution in [0.4, 0.5) is 0 Å². The molecule has 1 aliphatic rings. The second kappa shape index (κ2) is 8.86. The molecule has 0 aromatic heterocycles. The Labute approximate surface area is 106 Å². The molecule has 1 saturated heterocycles. The van der Waals surface area contributed by atoms with E-state index >= 15 is 0 Å². The predicted molar refractivity (Wildman–Crippen MR) is 72.5 cm³/mol. The minimum atomic E-state index is 0.377. The standard InChI is InChI=1S/C13H29N3O/c1-4-16(5-2)8-6-7-14-11-13-12-15(3)9-10-17-13/h13-14H,4-12H2,1-3H3. The summed E-state index contributed by atoms with van der Waals surface area (Å²) in [4.78, 5) is 4.80. The largest absolute Gasteiger partial charge is 0.374 e. The molecule has 1 unspecified atom stereocenters. The molecule has 0 aromatic carbocycles. The molecule has 1 fully saturated rings. The van der Waals surface area contributed by atoms with Crippen molar-refractivity contribution in [1.82, 2.24) is 15.1 Å². The molecule has 0 spiro atoms. The van der Waals surface area contributed by atoms with E-state index in [-0.39, 0.29) is 0 Å². The lowest BCUT2D eigenvalue weighted by Crippen LogP contribution is -2.45. The van der Waals surface area contributed by atoms with E-state index in [9.17, 15) is 0 Å². The van der Waals surface area contributed by atoms with Crippen molar-refractivity contribution >= 4 is 0 Å². The summed E-state index contributed by atoms with van der Waals surface area (Å²) in [6.45, 7) is 13.1. The van der Waals surface area contributed by atoms with Crippen LogP contribution < -0.4 is 5.32 Å². The Kier molecular flexibility index (Phi) is 7.77. The molecule has 0 saturated carbocycles. The summed E-state index contributed by atoms with van der Waals surface area (Å²) >= 11 is 0. The number of morpholine rings is 1. The molecule has 0 aliphatic carbocycles. The predicted octanol–water partition coefficient (Wildman–Crippen LogP) is 0.639. The molecule has 17 heavy (non-hydrogen) atoms. The average Bonchev–Trinajstić information content (AvgIpc) is 2.34. The van der Waals surface area contributed by atoms with E-state index in [2.05, 4.69) is 36.0 Å². The monoisotopic (exact) mass is 243 g/mol. The molecular weight excluding hydrogens is 214 g/mol. The van der Waals surface area contributed by atoms with Gasteiger partial charge in [0.15, 0.2) is 0 Å². The topological polar surface area (TPSA) is 27.7 Å². The first kappa shape index (κ1) is 14.9. The Morgan fingerprint density at radius 2 is 2.12 bits per heavy atom. The maximum atomic E-state index is 5.70. The lowest BCUT2D eigenvalue weighted by atomic mass is 10.2. The number of nitrogens with one attached hydrogen (secondary N) is 1. The highest BCUT2D eigenvalue weighted by molar-refractivity contribution is 4.71. The number of ether oxygens (including phenoxy) is 1. The van der Waals surface area contributed by atoms with Crippen LogP contribution in [-0.4, -0.2) is 75.4 Å². The third-order valence-corrected chi connectivity index (χ3v) is 3.44. The van der Waals surface area contributed by atoms with E-state index < -0.39 is 0 Å². The summed E-state index contributed by atoms with van der Waals surface area (Å²) < 4.78 is 5.70. The normalized spacial score (nSPS) is 22.2. The molecule has 102 valence electrons. The Morgan fingerprint density at radius 3 is 2.76 bits per heavy atom. The van der Waals surface area contributed by atoms with Gasteiger partial charge in [-0.1, -0.05) is 13.8 Å². The first-order valence-corrected chi connectivity index (χ1v) is 6.99. The van der Waals surface area contributed by atoms with Crippen LogP contribution in [0.25, 0.3) is 0 Å². The van der Waals surface area contributed by atoms with Gasteiger partial charge >= 0.3 is 0 Å². The first-order valence-electron chi connectivity index (χ1n) is 6.99. The van der Waals surface area contributed by atoms with Gasteiger partial charge in [0.25, 0.3) is 0 Å². The van der Waals surface area contributed by atoms with Gasteiger partial charge in [0, 0.05) is 19.6 Å². The van der Waals surface area contributed by atoms with E-state index in [1.54, 1.807) is 0 Å². The molecule has 1 rings (SSSR count). The summed E-state index contributed by atoms with van der Waals surface area (Å²) in [7, 11) is 2.16. The SMILES string of the molecule is CCN(CC)CCCNCC1CN(C)CCO1. The molecule has 1 aliphatic heterocycles. The van der Waals surface area contributed by atoms with Gasteiger partial charge in [-0.3, -0.25) is 0 Å². The molecule has 0 bridgehead atoms. The number of hydrogen-bond acceptors (Lipinski definition) is 4. The van der Waals surface area contributed by atoms with Crippen LogP contribution in [0.2, 0.25) is 0 Å². The first-order chi connectivity index (χ1) is 8.26. The van der Waals surface area contributed by atoms with Gasteiger partial charge in [-0.15, -0.1) is 0 Å². The average molecular weight is 243 g/mol. The summed E-state index contributed by atoms with van der Waals surface area (Å²) in [5.74, 6) is 0. The van der Waals surface area contributed by atoms with Crippen LogP contribution >= 0.6 is 0 Å². The van der Waals surface area contributed by atoms with Gasteiger partial charge in [-0.05, 0) is 39.6 Å². The van der Waals surface area contributed by atoms with Crippen molar-refractivity contribution in [3.05, 3.63) is 0 Å². The van der Waals surface area contributed by atoms with E-state index in [0.717, 1.165) is 45.9 Å². The second-order valence-corrected chi connectivity index (χ2v) is 4.84. The van der Waals surface area contributed by atoms with Gasteiger partial charge < -0.3 is 19.9 Å². The maximum Gasteiger partial charge on any atom is 0.0826 e. The maximum absolute atomic E-state index is 5.70. The fourth-order valence-electron chi connectivity index (χ4n) is 2.22. The van der Waals surface area contributed by atoms with Gasteiger partial charge in [-0.25, -0.2) is 0 Å². The van der Waals surface area contributed by atoms with Crippen LogP contribution in [-0.2, 0) is 4.74 Å². The Morgan fingerprint density at radius 1 is 1.35 bits per heavy atom. The van der Waals surface area contributed by atoms with Crippen molar-refractivity contribution < 1.29 is 4.74 Å². The summed E-state index contributed by atoms with van der Waals surface area (Å²) in [6, 6.07) is 0. The summed E-state index contributed by atoms with van der Waals surface area (Å²) in [5.41, 5.74) is 0. The highest BCUT2D eigenvalue weighted by Crippen LogP contribution is 2.01. The molecule has 0 aromatic rings. The molecule has 1 N–H and O–H groups in total. The van der Waals surface area contributed by atoms with E-state index in [1.807, 2.05) is 0 Å². The zero-order valence-corrected chi connectivity index (χ0v) is 11.7. The lowest BCUT2D eigenvalue weighted by Gasteiger charge is -2.30. The van der Waals surface area contributed by atoms with Gasteiger partial charge in [0.2, 0.25) is 0 Å². The van der Waals surface area contributed by atoms with E-state index in [1.165, 1.54) is 13.0 Å².